The number of carboxylic acids is 1. The number of rotatable bonds is 5. The summed E-state index contributed by atoms with van der Waals surface area (Å²) < 4.78 is 0. The maximum Gasteiger partial charge on any atom is 0.305 e. The van der Waals surface area contributed by atoms with Gasteiger partial charge in [0.2, 0.25) is 0 Å². The van der Waals surface area contributed by atoms with Gasteiger partial charge in [-0.25, -0.2) is 4.79 Å². The molecule has 0 saturated carbocycles. The zero-order chi connectivity index (χ0) is 9.61. The molecule has 0 aliphatic rings. The minimum absolute atomic E-state index is 0.0275. The van der Waals surface area contributed by atoms with Crippen molar-refractivity contribution >= 4 is 11.9 Å². The van der Waals surface area contributed by atoms with Gasteiger partial charge in [0.05, 0.1) is 6.42 Å². The van der Waals surface area contributed by atoms with Gasteiger partial charge in [-0.05, 0) is 13.8 Å². The van der Waals surface area contributed by atoms with Crippen molar-refractivity contribution in [2.24, 2.45) is 0 Å². The average Bonchev–Trinajstić information content (AvgIpc) is 1.84. The molecule has 0 aliphatic carbocycles. The fourth-order valence-corrected chi connectivity index (χ4v) is 0.810. The van der Waals surface area contributed by atoms with Crippen LogP contribution in [-0.4, -0.2) is 29.1 Å². The molecule has 0 fully saturated rings. The monoisotopic (exact) mass is 171 g/mol. The van der Waals surface area contributed by atoms with E-state index in [1.807, 2.05) is 0 Å². The van der Waals surface area contributed by atoms with Crippen molar-refractivity contribution in [1.82, 2.24) is 5.32 Å². The third kappa shape index (κ3) is 5.65. The highest BCUT2D eigenvalue weighted by Gasteiger charge is 2.19. The number of hydrogen-bond acceptors (Lipinski definition) is 3. The van der Waals surface area contributed by atoms with Crippen LogP contribution in [-0.2, 0) is 9.59 Å². The average molecular weight is 171 g/mol. The molecule has 68 valence electrons. The number of aliphatic carboxylic acids is 1. The summed E-state index contributed by atoms with van der Waals surface area (Å²) in [7, 11) is 0. The van der Waals surface area contributed by atoms with E-state index in [1.54, 1.807) is 19.8 Å². The molecule has 0 rings (SSSR count). The van der Waals surface area contributed by atoms with Gasteiger partial charge in [-0.3, -0.25) is 4.79 Å². The Morgan fingerprint density at radius 1 is 1.67 bits per heavy atom. The van der Waals surface area contributed by atoms with Gasteiger partial charge < -0.3 is 10.4 Å². The van der Waals surface area contributed by atoms with E-state index < -0.39 is 11.5 Å². The fourth-order valence-electron chi connectivity index (χ4n) is 0.810. The fraction of sp³-hybridized carbons (Fsp3) is 0.625. The van der Waals surface area contributed by atoms with Crippen molar-refractivity contribution in [1.29, 1.82) is 0 Å². The zero-order valence-corrected chi connectivity index (χ0v) is 7.26. The molecule has 0 bridgehead atoms. The van der Waals surface area contributed by atoms with E-state index in [2.05, 4.69) is 5.32 Å². The lowest BCUT2D eigenvalue weighted by atomic mass is 10.0. The Morgan fingerprint density at radius 3 is 2.67 bits per heavy atom. The zero-order valence-electron chi connectivity index (χ0n) is 7.26. The second-order valence-corrected chi connectivity index (χ2v) is 3.16. The summed E-state index contributed by atoms with van der Waals surface area (Å²) in [5.41, 5.74) is -0.487. The van der Waals surface area contributed by atoms with E-state index in [1.165, 1.54) is 6.08 Å². The highest BCUT2D eigenvalue weighted by atomic mass is 16.4. The molecule has 4 nitrogen and oxygen atoms in total. The molecule has 0 radical (unpaired) electrons. The van der Waals surface area contributed by atoms with Crippen LogP contribution in [0.15, 0.2) is 6.08 Å². The lowest BCUT2D eigenvalue weighted by molar-refractivity contribution is -0.138. The first-order chi connectivity index (χ1) is 5.48. The van der Waals surface area contributed by atoms with Crippen LogP contribution in [0.2, 0.25) is 0 Å². The molecule has 0 amide bonds. The molecule has 2 N–H and O–H groups in total. The third-order valence-electron chi connectivity index (χ3n) is 1.36. The smallest absolute Gasteiger partial charge is 0.305 e. The highest BCUT2D eigenvalue weighted by molar-refractivity contribution is 5.68. The van der Waals surface area contributed by atoms with Gasteiger partial charge in [0.1, 0.15) is 5.94 Å². The first-order valence-corrected chi connectivity index (χ1v) is 3.64. The van der Waals surface area contributed by atoms with Crippen LogP contribution >= 0.6 is 0 Å². The van der Waals surface area contributed by atoms with E-state index in [9.17, 15) is 9.59 Å². The molecule has 0 aromatic rings. The SMILES string of the molecule is CC(C)(CC(=O)O)NCC=C=O. The van der Waals surface area contributed by atoms with E-state index in [4.69, 9.17) is 5.11 Å². The number of carbonyl (C=O) groups is 1. The molecule has 0 aromatic carbocycles. The predicted molar refractivity (Wildman–Crippen MR) is 44.6 cm³/mol. The summed E-state index contributed by atoms with van der Waals surface area (Å²) in [4.78, 5) is 20.1. The van der Waals surface area contributed by atoms with Crippen LogP contribution in [0.1, 0.15) is 20.3 Å². The normalized spacial score (nSPS) is 10.5. The number of carboxylic acid groups (broad SMARTS) is 1. The van der Waals surface area contributed by atoms with E-state index >= 15 is 0 Å². The summed E-state index contributed by atoms with van der Waals surface area (Å²) in [6, 6.07) is 0. The molecule has 0 saturated heterocycles. The van der Waals surface area contributed by atoms with Crippen molar-refractivity contribution in [3.8, 4) is 0 Å². The van der Waals surface area contributed by atoms with Gasteiger partial charge in [-0.15, -0.1) is 0 Å². The highest BCUT2D eigenvalue weighted by Crippen LogP contribution is 2.06. The van der Waals surface area contributed by atoms with Crippen LogP contribution in [0, 0.1) is 0 Å². The van der Waals surface area contributed by atoms with Crippen molar-refractivity contribution in [3.63, 3.8) is 0 Å². The topological polar surface area (TPSA) is 66.4 Å². The van der Waals surface area contributed by atoms with E-state index in [-0.39, 0.29) is 6.42 Å². The molecule has 0 atom stereocenters. The minimum atomic E-state index is -0.859. The van der Waals surface area contributed by atoms with Crippen LogP contribution < -0.4 is 5.32 Å². The second-order valence-electron chi connectivity index (χ2n) is 3.16. The number of carbonyl (C=O) groups excluding carboxylic acids is 1. The van der Waals surface area contributed by atoms with E-state index in [0.717, 1.165) is 0 Å². The van der Waals surface area contributed by atoms with Crippen LogP contribution in [0.3, 0.4) is 0 Å². The lowest BCUT2D eigenvalue weighted by Crippen LogP contribution is -2.41. The molecule has 0 heterocycles. The number of hydrogen-bond donors (Lipinski definition) is 2. The van der Waals surface area contributed by atoms with Gasteiger partial charge in [0.25, 0.3) is 0 Å². The summed E-state index contributed by atoms with van der Waals surface area (Å²) in [6.45, 7) is 3.88. The van der Waals surface area contributed by atoms with Gasteiger partial charge in [-0.1, -0.05) is 0 Å². The first-order valence-electron chi connectivity index (χ1n) is 3.64. The first kappa shape index (κ1) is 10.9. The maximum absolute atomic E-state index is 10.3. The van der Waals surface area contributed by atoms with Crippen molar-refractivity contribution < 1.29 is 14.7 Å². The molecule has 4 heteroatoms. The predicted octanol–water partition coefficient (Wildman–Crippen LogP) is 0.217. The van der Waals surface area contributed by atoms with Gasteiger partial charge in [0.15, 0.2) is 0 Å². The van der Waals surface area contributed by atoms with Crippen LogP contribution in [0.25, 0.3) is 0 Å². The molecule has 0 spiro atoms. The Labute approximate surface area is 71.3 Å². The van der Waals surface area contributed by atoms with Gasteiger partial charge in [-0.2, -0.15) is 0 Å². The maximum atomic E-state index is 10.3. The Bertz CT molecular complexity index is 204. The summed E-state index contributed by atoms with van der Waals surface area (Å²) >= 11 is 0. The van der Waals surface area contributed by atoms with Crippen molar-refractivity contribution in [2.75, 3.05) is 6.54 Å². The largest absolute Gasteiger partial charge is 0.481 e. The third-order valence-corrected chi connectivity index (χ3v) is 1.36. The summed E-state index contributed by atoms with van der Waals surface area (Å²) in [5, 5.41) is 11.4. The summed E-state index contributed by atoms with van der Waals surface area (Å²) in [5.74, 6) is 0.750. The molecule has 12 heavy (non-hydrogen) atoms. The molecule has 0 aromatic heterocycles. The van der Waals surface area contributed by atoms with Gasteiger partial charge in [0, 0.05) is 18.2 Å². The Hall–Kier alpha value is -1.12. The molecule has 0 unspecified atom stereocenters. The lowest BCUT2D eigenvalue weighted by Gasteiger charge is -2.22. The van der Waals surface area contributed by atoms with Gasteiger partial charge >= 0.3 is 5.97 Å². The van der Waals surface area contributed by atoms with Crippen LogP contribution in [0.4, 0.5) is 0 Å². The molecular formula is C8H13NO3. The second kappa shape index (κ2) is 4.70. The Balaban J connectivity index is 3.86. The van der Waals surface area contributed by atoms with E-state index in [0.29, 0.717) is 6.54 Å². The quantitative estimate of drug-likeness (QED) is 0.580. The number of nitrogens with one attached hydrogen (secondary N) is 1. The van der Waals surface area contributed by atoms with Crippen molar-refractivity contribution in [2.45, 2.75) is 25.8 Å². The standard InChI is InChI=1S/C8H13NO3/c1-8(2,6-7(11)12)9-4-3-5-10/h3,9H,4,6H2,1-2H3,(H,11,12). The Kier molecular flexibility index (Phi) is 4.26. The minimum Gasteiger partial charge on any atom is -0.481 e. The molecular weight excluding hydrogens is 158 g/mol. The molecule has 0 aliphatic heterocycles. The van der Waals surface area contributed by atoms with Crippen molar-refractivity contribution in [3.05, 3.63) is 6.08 Å². The van der Waals surface area contributed by atoms with Crippen LogP contribution in [0.5, 0.6) is 0 Å². The Morgan fingerprint density at radius 2 is 2.25 bits per heavy atom. The summed E-state index contributed by atoms with van der Waals surface area (Å²) in [6.07, 6.45) is 1.31.